The van der Waals surface area contributed by atoms with Crippen LogP contribution < -0.4 is 15.0 Å². The van der Waals surface area contributed by atoms with Crippen molar-refractivity contribution in [3.05, 3.63) is 24.3 Å². The SMILES string of the molecule is CCOC(=O)[C@H]1CCCN(C(=O)N[C@H]2CC(=O)N(c3ccc(OCC)cc3)C2)C1. The van der Waals surface area contributed by atoms with Crippen LogP contribution in [0.25, 0.3) is 0 Å². The van der Waals surface area contributed by atoms with Crippen molar-refractivity contribution in [2.24, 2.45) is 5.92 Å². The number of carbonyl (C=O) groups is 3. The number of ether oxygens (including phenoxy) is 2. The topological polar surface area (TPSA) is 88.2 Å². The first-order chi connectivity index (χ1) is 14.0. The Kier molecular flexibility index (Phi) is 6.95. The van der Waals surface area contributed by atoms with Crippen LogP contribution >= 0.6 is 0 Å². The molecule has 2 aliphatic rings. The van der Waals surface area contributed by atoms with Gasteiger partial charge in [0, 0.05) is 31.7 Å². The number of carbonyl (C=O) groups excluding carboxylic acids is 3. The molecule has 0 spiro atoms. The number of benzene rings is 1. The summed E-state index contributed by atoms with van der Waals surface area (Å²) in [5.41, 5.74) is 0.788. The van der Waals surface area contributed by atoms with E-state index >= 15 is 0 Å². The van der Waals surface area contributed by atoms with Crippen molar-refractivity contribution < 1.29 is 23.9 Å². The number of nitrogens with zero attached hydrogens (tertiary/aromatic N) is 2. The first-order valence-corrected chi connectivity index (χ1v) is 10.3. The van der Waals surface area contributed by atoms with E-state index in [9.17, 15) is 14.4 Å². The van der Waals surface area contributed by atoms with Crippen LogP contribution in [0.1, 0.15) is 33.1 Å². The van der Waals surface area contributed by atoms with E-state index in [0.29, 0.717) is 32.8 Å². The lowest BCUT2D eigenvalue weighted by Gasteiger charge is -2.32. The van der Waals surface area contributed by atoms with E-state index < -0.39 is 0 Å². The highest BCUT2D eigenvalue weighted by molar-refractivity contribution is 5.96. The lowest BCUT2D eigenvalue weighted by Crippen LogP contribution is -2.50. The summed E-state index contributed by atoms with van der Waals surface area (Å²) < 4.78 is 10.5. The summed E-state index contributed by atoms with van der Waals surface area (Å²) >= 11 is 0. The van der Waals surface area contributed by atoms with Crippen LogP contribution in [0.4, 0.5) is 10.5 Å². The van der Waals surface area contributed by atoms with Gasteiger partial charge in [-0.3, -0.25) is 9.59 Å². The molecule has 0 saturated carbocycles. The fourth-order valence-corrected chi connectivity index (χ4v) is 3.82. The highest BCUT2D eigenvalue weighted by Gasteiger charge is 2.34. The summed E-state index contributed by atoms with van der Waals surface area (Å²) in [5, 5.41) is 2.95. The van der Waals surface area contributed by atoms with Crippen LogP contribution in [-0.2, 0) is 14.3 Å². The van der Waals surface area contributed by atoms with Crippen molar-refractivity contribution in [3.63, 3.8) is 0 Å². The second-order valence-electron chi connectivity index (χ2n) is 7.32. The van der Waals surface area contributed by atoms with Gasteiger partial charge in [-0.25, -0.2) is 4.79 Å². The van der Waals surface area contributed by atoms with Crippen molar-refractivity contribution in [2.45, 2.75) is 39.2 Å². The maximum absolute atomic E-state index is 12.7. The van der Waals surface area contributed by atoms with Gasteiger partial charge in [-0.1, -0.05) is 0 Å². The first-order valence-electron chi connectivity index (χ1n) is 10.3. The predicted octanol–water partition coefficient (Wildman–Crippen LogP) is 2.18. The smallest absolute Gasteiger partial charge is 0.317 e. The van der Waals surface area contributed by atoms with Gasteiger partial charge in [0.1, 0.15) is 5.75 Å². The van der Waals surface area contributed by atoms with E-state index in [1.165, 1.54) is 0 Å². The van der Waals surface area contributed by atoms with Crippen molar-refractivity contribution >= 4 is 23.6 Å². The first kappa shape index (κ1) is 21.0. The zero-order chi connectivity index (χ0) is 20.8. The lowest BCUT2D eigenvalue weighted by molar-refractivity contribution is -0.149. The molecule has 0 bridgehead atoms. The van der Waals surface area contributed by atoms with Gasteiger partial charge in [0.15, 0.2) is 0 Å². The van der Waals surface area contributed by atoms with Crippen molar-refractivity contribution in [2.75, 3.05) is 37.7 Å². The molecular weight excluding hydrogens is 374 g/mol. The number of piperidine rings is 1. The maximum atomic E-state index is 12.7. The number of hydrogen-bond donors (Lipinski definition) is 1. The molecule has 0 radical (unpaired) electrons. The fourth-order valence-electron chi connectivity index (χ4n) is 3.82. The molecule has 1 aromatic rings. The molecule has 3 rings (SSSR count). The van der Waals surface area contributed by atoms with E-state index in [-0.39, 0.29) is 36.3 Å². The summed E-state index contributed by atoms with van der Waals surface area (Å²) in [7, 11) is 0. The average Bonchev–Trinajstić information content (AvgIpc) is 3.09. The monoisotopic (exact) mass is 403 g/mol. The van der Waals surface area contributed by atoms with E-state index in [1.54, 1.807) is 16.7 Å². The molecule has 0 unspecified atom stereocenters. The van der Waals surface area contributed by atoms with E-state index in [4.69, 9.17) is 9.47 Å². The minimum atomic E-state index is -0.278. The molecule has 0 aromatic heterocycles. The molecule has 0 aliphatic carbocycles. The molecule has 1 N–H and O–H groups in total. The normalized spacial score (nSPS) is 21.8. The van der Waals surface area contributed by atoms with Crippen LogP contribution in [0.5, 0.6) is 5.75 Å². The van der Waals surface area contributed by atoms with Crippen LogP contribution in [-0.4, -0.2) is 61.7 Å². The van der Waals surface area contributed by atoms with Crippen LogP contribution in [0.2, 0.25) is 0 Å². The number of urea groups is 1. The molecule has 3 amide bonds. The van der Waals surface area contributed by atoms with Gasteiger partial charge >= 0.3 is 12.0 Å². The van der Waals surface area contributed by atoms with Gasteiger partial charge in [0.25, 0.3) is 0 Å². The maximum Gasteiger partial charge on any atom is 0.317 e. The molecule has 158 valence electrons. The zero-order valence-corrected chi connectivity index (χ0v) is 17.1. The lowest BCUT2D eigenvalue weighted by atomic mass is 9.98. The molecule has 29 heavy (non-hydrogen) atoms. The minimum Gasteiger partial charge on any atom is -0.494 e. The molecule has 8 nitrogen and oxygen atoms in total. The summed E-state index contributed by atoms with van der Waals surface area (Å²) in [6, 6.07) is 6.88. The average molecular weight is 403 g/mol. The van der Waals surface area contributed by atoms with E-state index in [0.717, 1.165) is 24.3 Å². The highest BCUT2D eigenvalue weighted by atomic mass is 16.5. The summed E-state index contributed by atoms with van der Waals surface area (Å²) in [6.07, 6.45) is 1.75. The van der Waals surface area contributed by atoms with Crippen molar-refractivity contribution in [1.29, 1.82) is 0 Å². The Bertz CT molecular complexity index is 736. The van der Waals surface area contributed by atoms with Gasteiger partial charge in [0.05, 0.1) is 25.2 Å². The number of likely N-dealkylation sites (tertiary alicyclic amines) is 1. The molecule has 2 aliphatic heterocycles. The number of amides is 3. The number of hydrogen-bond acceptors (Lipinski definition) is 5. The Morgan fingerprint density at radius 2 is 1.90 bits per heavy atom. The number of rotatable bonds is 6. The molecule has 2 atom stereocenters. The standard InChI is InChI=1S/C21H29N3O5/c1-3-28-18-9-7-17(8-10-18)24-14-16(12-19(24)25)22-21(27)23-11-5-6-15(13-23)20(26)29-4-2/h7-10,15-16H,3-6,11-14H2,1-2H3,(H,22,27)/t15-,16-/m0/s1. The largest absolute Gasteiger partial charge is 0.494 e. The number of esters is 1. The summed E-state index contributed by atoms with van der Waals surface area (Å²) in [5.74, 6) is 0.208. The zero-order valence-electron chi connectivity index (χ0n) is 17.1. The fraction of sp³-hybridized carbons (Fsp3) is 0.571. The minimum absolute atomic E-state index is 0.0255. The van der Waals surface area contributed by atoms with Gasteiger partial charge in [-0.2, -0.15) is 0 Å². The summed E-state index contributed by atoms with van der Waals surface area (Å²) in [4.78, 5) is 40.4. The Hall–Kier alpha value is -2.77. The summed E-state index contributed by atoms with van der Waals surface area (Å²) in [6.45, 7) is 6.00. The Morgan fingerprint density at radius 3 is 2.59 bits per heavy atom. The molecule has 2 fully saturated rings. The Morgan fingerprint density at radius 1 is 1.14 bits per heavy atom. The molecule has 8 heteroatoms. The second-order valence-corrected chi connectivity index (χ2v) is 7.32. The number of nitrogens with one attached hydrogen (secondary N) is 1. The predicted molar refractivity (Wildman–Crippen MR) is 108 cm³/mol. The molecular formula is C21H29N3O5. The molecule has 2 heterocycles. The molecule has 2 saturated heterocycles. The van der Waals surface area contributed by atoms with Gasteiger partial charge < -0.3 is 24.6 Å². The Labute approximate surface area is 171 Å². The number of anilines is 1. The quantitative estimate of drug-likeness (QED) is 0.736. The van der Waals surface area contributed by atoms with Crippen LogP contribution in [0.15, 0.2) is 24.3 Å². The van der Waals surface area contributed by atoms with Gasteiger partial charge in [-0.15, -0.1) is 0 Å². The third kappa shape index (κ3) is 5.19. The Balaban J connectivity index is 1.55. The molecule has 1 aromatic carbocycles. The third-order valence-electron chi connectivity index (χ3n) is 5.24. The van der Waals surface area contributed by atoms with Crippen LogP contribution in [0.3, 0.4) is 0 Å². The van der Waals surface area contributed by atoms with Gasteiger partial charge in [-0.05, 0) is 51.0 Å². The third-order valence-corrected chi connectivity index (χ3v) is 5.24. The van der Waals surface area contributed by atoms with E-state index in [1.807, 2.05) is 31.2 Å². The van der Waals surface area contributed by atoms with E-state index in [2.05, 4.69) is 5.32 Å². The van der Waals surface area contributed by atoms with Gasteiger partial charge in [0.2, 0.25) is 5.91 Å². The highest BCUT2D eigenvalue weighted by Crippen LogP contribution is 2.25. The second kappa shape index (κ2) is 9.62. The van der Waals surface area contributed by atoms with Crippen molar-refractivity contribution in [1.82, 2.24) is 10.2 Å². The van der Waals surface area contributed by atoms with Crippen LogP contribution in [0, 0.1) is 5.92 Å². The van der Waals surface area contributed by atoms with Crippen molar-refractivity contribution in [3.8, 4) is 5.75 Å².